The van der Waals surface area contributed by atoms with Crippen LogP contribution in [0.4, 0.5) is 5.69 Å². The molecule has 0 saturated carbocycles. The number of carbonyl (C=O) groups excluding carboxylic acids is 1. The summed E-state index contributed by atoms with van der Waals surface area (Å²) in [6.45, 7) is 0. The number of fused-ring (bicyclic) bond motifs is 1. The van der Waals surface area contributed by atoms with Gasteiger partial charge in [-0.3, -0.25) is 9.48 Å². The first-order chi connectivity index (χ1) is 12.9. The van der Waals surface area contributed by atoms with Gasteiger partial charge in [-0.2, -0.15) is 5.10 Å². The van der Waals surface area contributed by atoms with Gasteiger partial charge in [0.1, 0.15) is 11.4 Å². The summed E-state index contributed by atoms with van der Waals surface area (Å²) in [7, 11) is -1.55. The third kappa shape index (κ3) is 3.43. The maximum absolute atomic E-state index is 13.0. The minimum atomic E-state index is -3.07. The zero-order valence-corrected chi connectivity index (χ0v) is 16.4. The van der Waals surface area contributed by atoms with Crippen LogP contribution >= 0.6 is 11.6 Å². The third-order valence-corrected chi connectivity index (χ3v) is 7.16. The van der Waals surface area contributed by atoms with Crippen molar-refractivity contribution in [1.82, 2.24) is 9.78 Å². The van der Waals surface area contributed by atoms with E-state index in [1.54, 1.807) is 22.9 Å². The first-order valence-electron chi connectivity index (χ1n) is 8.83. The standard InChI is InChI=1S/C18H20ClN3O4S/c1-26-16-6-5-11(9-14(16)19)20-18(23)17-13-3-2-4-15(13)21-22(17)12-7-8-27(24,25)10-12/h5-6,9,12H,2-4,7-8,10H2,1H3,(H,20,23)/t12-/m0/s1. The van der Waals surface area contributed by atoms with Gasteiger partial charge in [0.05, 0.1) is 35.4 Å². The van der Waals surface area contributed by atoms with Crippen molar-refractivity contribution in [2.75, 3.05) is 23.9 Å². The molecule has 2 aromatic rings. The van der Waals surface area contributed by atoms with Gasteiger partial charge in [0.25, 0.3) is 5.91 Å². The predicted octanol–water partition coefficient (Wildman–Crippen LogP) is 2.65. The Kier molecular flexibility index (Phi) is 4.63. The summed E-state index contributed by atoms with van der Waals surface area (Å²) >= 11 is 6.14. The van der Waals surface area contributed by atoms with E-state index in [9.17, 15) is 13.2 Å². The van der Waals surface area contributed by atoms with Crippen LogP contribution < -0.4 is 10.1 Å². The van der Waals surface area contributed by atoms with Crippen LogP contribution in [0.15, 0.2) is 18.2 Å². The van der Waals surface area contributed by atoms with Crippen molar-refractivity contribution in [2.45, 2.75) is 31.7 Å². The number of ether oxygens (including phenoxy) is 1. The van der Waals surface area contributed by atoms with Crippen molar-refractivity contribution >= 4 is 33.0 Å². The summed E-state index contributed by atoms with van der Waals surface area (Å²) < 4.78 is 30.5. The highest BCUT2D eigenvalue weighted by Crippen LogP contribution is 2.32. The zero-order valence-electron chi connectivity index (χ0n) is 14.9. The molecule has 1 aromatic heterocycles. The van der Waals surface area contributed by atoms with Crippen molar-refractivity contribution in [3.05, 3.63) is 40.2 Å². The summed E-state index contributed by atoms with van der Waals surface area (Å²) in [5, 5.41) is 7.85. The average molecular weight is 410 g/mol. The van der Waals surface area contributed by atoms with E-state index < -0.39 is 9.84 Å². The number of anilines is 1. The third-order valence-electron chi connectivity index (χ3n) is 5.11. The van der Waals surface area contributed by atoms with Crippen molar-refractivity contribution in [1.29, 1.82) is 0 Å². The van der Waals surface area contributed by atoms with E-state index in [-0.39, 0.29) is 23.5 Å². The van der Waals surface area contributed by atoms with Crippen molar-refractivity contribution < 1.29 is 17.9 Å². The van der Waals surface area contributed by atoms with Crippen LogP contribution in [0.3, 0.4) is 0 Å². The first kappa shape index (κ1) is 18.3. The highest BCUT2D eigenvalue weighted by Gasteiger charge is 2.35. The Morgan fingerprint density at radius 1 is 1.37 bits per heavy atom. The second-order valence-electron chi connectivity index (χ2n) is 6.93. The quantitative estimate of drug-likeness (QED) is 0.838. The van der Waals surface area contributed by atoms with Crippen molar-refractivity contribution in [3.8, 4) is 5.75 Å². The number of hydrogen-bond acceptors (Lipinski definition) is 5. The number of nitrogens with one attached hydrogen (secondary N) is 1. The van der Waals surface area contributed by atoms with Gasteiger partial charge in [-0.25, -0.2) is 8.42 Å². The number of amides is 1. The number of halogens is 1. The number of methoxy groups -OCH3 is 1. The Bertz CT molecular complexity index is 1020. The van der Waals surface area contributed by atoms with E-state index in [0.29, 0.717) is 28.6 Å². The van der Waals surface area contributed by atoms with Crippen LogP contribution in [-0.2, 0) is 22.7 Å². The molecule has 1 aromatic carbocycles. The Balaban J connectivity index is 1.66. The molecule has 27 heavy (non-hydrogen) atoms. The molecular weight excluding hydrogens is 390 g/mol. The number of aromatic nitrogens is 2. The fraction of sp³-hybridized carbons (Fsp3) is 0.444. The average Bonchev–Trinajstić information content (AvgIpc) is 3.28. The second kappa shape index (κ2) is 6.83. The molecule has 2 aliphatic rings. The van der Waals surface area contributed by atoms with Gasteiger partial charge in [-0.05, 0) is 43.9 Å². The van der Waals surface area contributed by atoms with Gasteiger partial charge in [0.15, 0.2) is 9.84 Å². The van der Waals surface area contributed by atoms with Gasteiger partial charge in [-0.15, -0.1) is 0 Å². The highest BCUT2D eigenvalue weighted by molar-refractivity contribution is 7.91. The number of hydrogen-bond donors (Lipinski definition) is 1. The van der Waals surface area contributed by atoms with Crippen LogP contribution in [-0.4, -0.2) is 42.7 Å². The molecule has 0 radical (unpaired) electrons. The van der Waals surface area contributed by atoms with Crippen LogP contribution in [0.5, 0.6) is 5.75 Å². The van der Waals surface area contributed by atoms with Crippen LogP contribution in [0, 0.1) is 0 Å². The van der Waals surface area contributed by atoms with E-state index in [0.717, 1.165) is 30.5 Å². The molecular formula is C18H20ClN3O4S. The molecule has 0 bridgehead atoms. The molecule has 1 amide bonds. The Labute approximate surface area is 162 Å². The molecule has 4 rings (SSSR count). The lowest BCUT2D eigenvalue weighted by atomic mass is 10.1. The fourth-order valence-corrected chi connectivity index (χ4v) is 5.77. The second-order valence-corrected chi connectivity index (χ2v) is 9.57. The number of nitrogens with zero attached hydrogens (tertiary/aromatic N) is 2. The molecule has 1 atom stereocenters. The minimum absolute atomic E-state index is 0.0300. The summed E-state index contributed by atoms with van der Waals surface area (Å²) in [5.41, 5.74) is 2.84. The fourth-order valence-electron chi connectivity index (χ4n) is 3.82. The molecule has 1 N–H and O–H groups in total. The normalized spacial score (nSPS) is 20.4. The van der Waals surface area contributed by atoms with Crippen LogP contribution in [0.1, 0.15) is 40.6 Å². The summed E-state index contributed by atoms with van der Waals surface area (Å²) in [4.78, 5) is 13.0. The molecule has 1 aliphatic carbocycles. The van der Waals surface area contributed by atoms with Gasteiger partial charge in [0, 0.05) is 11.3 Å². The van der Waals surface area contributed by atoms with E-state index >= 15 is 0 Å². The number of aryl methyl sites for hydroxylation is 1. The van der Waals surface area contributed by atoms with E-state index in [1.165, 1.54) is 7.11 Å². The Morgan fingerprint density at radius 2 is 2.19 bits per heavy atom. The molecule has 9 heteroatoms. The summed E-state index contributed by atoms with van der Waals surface area (Å²) in [6, 6.07) is 4.73. The van der Waals surface area contributed by atoms with E-state index in [2.05, 4.69) is 10.4 Å². The number of benzene rings is 1. The van der Waals surface area contributed by atoms with Crippen molar-refractivity contribution in [3.63, 3.8) is 0 Å². The van der Waals surface area contributed by atoms with Crippen LogP contribution in [0.25, 0.3) is 0 Å². The summed E-state index contributed by atoms with van der Waals surface area (Å²) in [6.07, 6.45) is 3.03. The SMILES string of the molecule is COc1ccc(NC(=O)c2c3c(nn2[C@H]2CCS(=O)(=O)C2)CCC3)cc1Cl. The summed E-state index contributed by atoms with van der Waals surface area (Å²) in [5.74, 6) is 0.396. The molecule has 0 spiro atoms. The molecule has 1 fully saturated rings. The molecule has 144 valence electrons. The molecule has 7 nitrogen and oxygen atoms in total. The largest absolute Gasteiger partial charge is 0.495 e. The number of sulfone groups is 1. The Morgan fingerprint density at radius 3 is 2.85 bits per heavy atom. The monoisotopic (exact) mass is 409 g/mol. The van der Waals surface area contributed by atoms with Crippen molar-refractivity contribution in [2.24, 2.45) is 0 Å². The molecule has 1 saturated heterocycles. The first-order valence-corrected chi connectivity index (χ1v) is 11.0. The van der Waals surface area contributed by atoms with Crippen LogP contribution in [0.2, 0.25) is 5.02 Å². The van der Waals surface area contributed by atoms with Gasteiger partial charge >= 0.3 is 0 Å². The molecule has 2 heterocycles. The lowest BCUT2D eigenvalue weighted by Crippen LogP contribution is -2.23. The smallest absolute Gasteiger partial charge is 0.274 e. The minimum Gasteiger partial charge on any atom is -0.495 e. The van der Waals surface area contributed by atoms with Gasteiger partial charge in [-0.1, -0.05) is 11.6 Å². The lowest BCUT2D eigenvalue weighted by Gasteiger charge is -2.15. The molecule has 1 aliphatic heterocycles. The van der Waals surface area contributed by atoms with Gasteiger partial charge < -0.3 is 10.1 Å². The van der Waals surface area contributed by atoms with E-state index in [1.807, 2.05) is 0 Å². The maximum Gasteiger partial charge on any atom is 0.274 e. The Hall–Kier alpha value is -2.06. The maximum atomic E-state index is 13.0. The lowest BCUT2D eigenvalue weighted by molar-refractivity contribution is 0.101. The zero-order chi connectivity index (χ0) is 19.2. The number of rotatable bonds is 4. The topological polar surface area (TPSA) is 90.3 Å². The predicted molar refractivity (Wildman–Crippen MR) is 103 cm³/mol. The molecule has 0 unspecified atom stereocenters. The van der Waals surface area contributed by atoms with Gasteiger partial charge in [0.2, 0.25) is 0 Å². The van der Waals surface area contributed by atoms with E-state index in [4.69, 9.17) is 16.3 Å². The highest BCUT2D eigenvalue weighted by atomic mass is 35.5. The number of carbonyl (C=O) groups is 1.